The number of rotatable bonds is 3. The monoisotopic (exact) mass is 245 g/mol. The fraction of sp³-hybridized carbons (Fsp3) is 0.429. The molecule has 0 saturated heterocycles. The molecule has 1 fully saturated rings. The molecular formula is C14H15NO3. The summed E-state index contributed by atoms with van der Waals surface area (Å²) in [5, 5.41) is 11.8. The van der Waals surface area contributed by atoms with E-state index < -0.39 is 11.4 Å². The van der Waals surface area contributed by atoms with Crippen molar-refractivity contribution in [3.05, 3.63) is 29.3 Å². The quantitative estimate of drug-likeness (QED) is 0.800. The van der Waals surface area contributed by atoms with E-state index >= 15 is 0 Å². The van der Waals surface area contributed by atoms with Crippen molar-refractivity contribution in [2.24, 2.45) is 5.41 Å². The van der Waals surface area contributed by atoms with Crippen LogP contribution in [0.15, 0.2) is 18.2 Å². The Bertz CT molecular complexity index is 532. The number of aryl methyl sites for hydroxylation is 2. The minimum atomic E-state index is -1.17. The number of aliphatic carboxylic acids is 1. The molecule has 4 nitrogen and oxygen atoms in total. The van der Waals surface area contributed by atoms with Crippen LogP contribution in [-0.2, 0) is 22.4 Å². The summed E-state index contributed by atoms with van der Waals surface area (Å²) >= 11 is 0. The summed E-state index contributed by atoms with van der Waals surface area (Å²) in [6, 6.07) is 5.86. The Balaban J connectivity index is 1.77. The zero-order chi connectivity index (χ0) is 12.8. The van der Waals surface area contributed by atoms with Crippen LogP contribution in [0.5, 0.6) is 0 Å². The van der Waals surface area contributed by atoms with Crippen molar-refractivity contribution in [3.63, 3.8) is 0 Å². The Labute approximate surface area is 105 Å². The van der Waals surface area contributed by atoms with Crippen LogP contribution in [0.3, 0.4) is 0 Å². The smallest absolute Gasteiger partial charge is 0.319 e. The van der Waals surface area contributed by atoms with Crippen LogP contribution in [0.1, 0.15) is 30.4 Å². The maximum Gasteiger partial charge on any atom is 0.319 e. The first-order valence-electron chi connectivity index (χ1n) is 6.28. The number of benzene rings is 1. The number of carbonyl (C=O) groups is 2. The molecular weight excluding hydrogens is 230 g/mol. The van der Waals surface area contributed by atoms with Crippen LogP contribution >= 0.6 is 0 Å². The predicted octanol–water partition coefficient (Wildman–Crippen LogP) is 1.98. The summed E-state index contributed by atoms with van der Waals surface area (Å²) in [4.78, 5) is 23.0. The Kier molecular flexibility index (Phi) is 2.40. The van der Waals surface area contributed by atoms with Crippen molar-refractivity contribution in [2.75, 3.05) is 5.32 Å². The molecule has 0 aliphatic heterocycles. The van der Waals surface area contributed by atoms with E-state index in [1.807, 2.05) is 18.2 Å². The third kappa shape index (κ3) is 1.68. The Morgan fingerprint density at radius 3 is 2.56 bits per heavy atom. The maximum atomic E-state index is 11.9. The largest absolute Gasteiger partial charge is 0.480 e. The van der Waals surface area contributed by atoms with Crippen molar-refractivity contribution in [3.8, 4) is 0 Å². The highest BCUT2D eigenvalue weighted by molar-refractivity contribution is 6.10. The number of carboxylic acids is 1. The lowest BCUT2D eigenvalue weighted by atomic mass is 10.1. The summed E-state index contributed by atoms with van der Waals surface area (Å²) < 4.78 is 0. The van der Waals surface area contributed by atoms with Gasteiger partial charge in [-0.15, -0.1) is 0 Å². The fourth-order valence-electron chi connectivity index (χ4n) is 2.56. The van der Waals surface area contributed by atoms with E-state index in [0.717, 1.165) is 19.3 Å². The van der Waals surface area contributed by atoms with Gasteiger partial charge in [0.05, 0.1) is 0 Å². The van der Waals surface area contributed by atoms with Gasteiger partial charge in [-0.05, 0) is 55.4 Å². The normalized spacial score (nSPS) is 19.1. The van der Waals surface area contributed by atoms with Gasteiger partial charge in [-0.1, -0.05) is 6.07 Å². The standard InChI is InChI=1S/C14H15NO3/c16-12(14(6-7-14)13(17)18)15-11-5-4-9-2-1-3-10(9)8-11/h4-5,8H,1-3,6-7H2,(H,15,16)(H,17,18). The molecule has 1 aromatic carbocycles. The molecule has 0 unspecified atom stereocenters. The second kappa shape index (κ2) is 3.83. The van der Waals surface area contributed by atoms with Gasteiger partial charge in [0, 0.05) is 5.69 Å². The fourth-order valence-corrected chi connectivity index (χ4v) is 2.56. The molecule has 0 radical (unpaired) electrons. The van der Waals surface area contributed by atoms with Gasteiger partial charge in [-0.2, -0.15) is 0 Å². The molecule has 2 aliphatic rings. The zero-order valence-corrected chi connectivity index (χ0v) is 10.0. The lowest BCUT2D eigenvalue weighted by molar-refractivity contribution is -0.147. The first kappa shape index (κ1) is 11.3. The van der Waals surface area contributed by atoms with Crippen LogP contribution in [0.25, 0.3) is 0 Å². The van der Waals surface area contributed by atoms with Crippen molar-refractivity contribution >= 4 is 17.6 Å². The molecule has 2 N–H and O–H groups in total. The summed E-state index contributed by atoms with van der Waals surface area (Å²) in [7, 11) is 0. The van der Waals surface area contributed by atoms with Crippen molar-refractivity contribution in [2.45, 2.75) is 32.1 Å². The molecule has 2 aliphatic carbocycles. The number of nitrogens with one attached hydrogen (secondary N) is 1. The molecule has 0 aromatic heterocycles. The number of carbonyl (C=O) groups excluding carboxylic acids is 1. The molecule has 0 bridgehead atoms. The summed E-state index contributed by atoms with van der Waals surface area (Å²) in [6.07, 6.45) is 4.19. The highest BCUT2D eigenvalue weighted by Crippen LogP contribution is 2.46. The molecule has 1 amide bonds. The lowest BCUT2D eigenvalue weighted by Crippen LogP contribution is -2.31. The van der Waals surface area contributed by atoms with Gasteiger partial charge < -0.3 is 10.4 Å². The molecule has 0 spiro atoms. The summed E-state index contributed by atoms with van der Waals surface area (Å²) in [5.41, 5.74) is 2.16. The number of hydrogen-bond acceptors (Lipinski definition) is 2. The van der Waals surface area contributed by atoms with Crippen LogP contribution in [0.2, 0.25) is 0 Å². The minimum Gasteiger partial charge on any atom is -0.480 e. The van der Waals surface area contributed by atoms with Crippen LogP contribution in [0, 0.1) is 5.41 Å². The number of carboxylic acid groups (broad SMARTS) is 1. The van der Waals surface area contributed by atoms with E-state index in [9.17, 15) is 9.59 Å². The van der Waals surface area contributed by atoms with E-state index in [4.69, 9.17) is 5.11 Å². The number of fused-ring (bicyclic) bond motifs is 1. The minimum absolute atomic E-state index is 0.382. The van der Waals surface area contributed by atoms with Gasteiger partial charge in [0.25, 0.3) is 0 Å². The second-order valence-corrected chi connectivity index (χ2v) is 5.18. The second-order valence-electron chi connectivity index (χ2n) is 5.18. The highest BCUT2D eigenvalue weighted by atomic mass is 16.4. The SMILES string of the molecule is O=C(O)C1(C(=O)Nc2ccc3c(c2)CCC3)CC1. The third-order valence-electron chi connectivity index (χ3n) is 3.95. The van der Waals surface area contributed by atoms with Crippen molar-refractivity contribution in [1.82, 2.24) is 0 Å². The first-order chi connectivity index (χ1) is 8.62. The van der Waals surface area contributed by atoms with E-state index in [1.165, 1.54) is 11.1 Å². The number of amides is 1. The number of anilines is 1. The average Bonchev–Trinajstić information content (AvgIpc) is 3.03. The van der Waals surface area contributed by atoms with Crippen LogP contribution in [-0.4, -0.2) is 17.0 Å². The molecule has 94 valence electrons. The Morgan fingerprint density at radius 1 is 1.17 bits per heavy atom. The van der Waals surface area contributed by atoms with Gasteiger partial charge in [-0.25, -0.2) is 0 Å². The van der Waals surface area contributed by atoms with E-state index in [1.54, 1.807) is 0 Å². The van der Waals surface area contributed by atoms with E-state index in [-0.39, 0.29) is 5.91 Å². The van der Waals surface area contributed by atoms with Gasteiger partial charge in [0.15, 0.2) is 0 Å². The number of hydrogen-bond donors (Lipinski definition) is 2. The summed E-state index contributed by atoms with van der Waals surface area (Å²) in [5.74, 6) is -1.39. The molecule has 0 heterocycles. The third-order valence-corrected chi connectivity index (χ3v) is 3.95. The Hall–Kier alpha value is -1.84. The van der Waals surface area contributed by atoms with Crippen molar-refractivity contribution in [1.29, 1.82) is 0 Å². The average molecular weight is 245 g/mol. The predicted molar refractivity (Wildman–Crippen MR) is 66.4 cm³/mol. The van der Waals surface area contributed by atoms with E-state index in [2.05, 4.69) is 5.32 Å². The molecule has 0 atom stereocenters. The zero-order valence-electron chi connectivity index (χ0n) is 10.0. The summed E-state index contributed by atoms with van der Waals surface area (Å²) in [6.45, 7) is 0. The molecule has 1 aromatic rings. The first-order valence-corrected chi connectivity index (χ1v) is 6.28. The lowest BCUT2D eigenvalue weighted by Gasteiger charge is -2.11. The highest BCUT2D eigenvalue weighted by Gasteiger charge is 2.57. The molecule has 4 heteroatoms. The van der Waals surface area contributed by atoms with Crippen molar-refractivity contribution < 1.29 is 14.7 Å². The molecule has 3 rings (SSSR count). The molecule has 18 heavy (non-hydrogen) atoms. The van der Waals surface area contributed by atoms with E-state index in [0.29, 0.717) is 18.5 Å². The van der Waals surface area contributed by atoms with Gasteiger partial charge in [-0.3, -0.25) is 9.59 Å². The Morgan fingerprint density at radius 2 is 1.89 bits per heavy atom. The molecule has 1 saturated carbocycles. The topological polar surface area (TPSA) is 66.4 Å². The van der Waals surface area contributed by atoms with Gasteiger partial charge in [0.2, 0.25) is 5.91 Å². The van der Waals surface area contributed by atoms with Crippen LogP contribution < -0.4 is 5.32 Å². The van der Waals surface area contributed by atoms with Gasteiger partial charge >= 0.3 is 5.97 Å². The maximum absolute atomic E-state index is 11.9. The van der Waals surface area contributed by atoms with Crippen LogP contribution in [0.4, 0.5) is 5.69 Å². The van der Waals surface area contributed by atoms with Gasteiger partial charge in [0.1, 0.15) is 5.41 Å².